The molecular formula is C20H18N2O. The lowest BCUT2D eigenvalue weighted by Crippen LogP contribution is -2.14. The molecule has 0 unspecified atom stereocenters. The van der Waals surface area contributed by atoms with E-state index in [0.29, 0.717) is 5.39 Å². The number of nitrogens with zero attached hydrogens (tertiary/aromatic N) is 2. The fourth-order valence-corrected chi connectivity index (χ4v) is 3.22. The second-order valence-corrected chi connectivity index (χ2v) is 5.92. The van der Waals surface area contributed by atoms with Crippen LogP contribution in [0.5, 0.6) is 0 Å². The van der Waals surface area contributed by atoms with Crippen LogP contribution in [-0.2, 0) is 13.0 Å². The first-order chi connectivity index (χ1) is 11.3. The van der Waals surface area contributed by atoms with Gasteiger partial charge >= 0.3 is 0 Å². The minimum absolute atomic E-state index is 0.138. The molecule has 0 atom stereocenters. The summed E-state index contributed by atoms with van der Waals surface area (Å²) < 4.78 is 2.16. The van der Waals surface area contributed by atoms with Gasteiger partial charge < -0.3 is 4.57 Å². The zero-order chi connectivity index (χ0) is 15.8. The van der Waals surface area contributed by atoms with E-state index in [9.17, 15) is 4.79 Å². The fraction of sp³-hybridized carbons (Fsp3) is 0.200. The summed E-state index contributed by atoms with van der Waals surface area (Å²) in [6.07, 6.45) is 4.11. The molecule has 0 bridgehead atoms. The lowest BCUT2D eigenvalue weighted by Gasteiger charge is -2.07. The van der Waals surface area contributed by atoms with Crippen LogP contribution in [0.1, 0.15) is 30.3 Å². The van der Waals surface area contributed by atoms with Crippen molar-refractivity contribution in [1.82, 2.24) is 9.55 Å². The molecule has 114 valence electrons. The number of aryl methyl sites for hydroxylation is 2. The van der Waals surface area contributed by atoms with Crippen molar-refractivity contribution in [2.24, 2.45) is 0 Å². The molecule has 0 N–H and O–H groups in total. The number of allylic oxidation sites excluding steroid dienone is 1. The first-order valence-corrected chi connectivity index (χ1v) is 8.06. The molecule has 0 saturated heterocycles. The molecule has 2 heterocycles. The van der Waals surface area contributed by atoms with Crippen LogP contribution in [0.3, 0.4) is 0 Å². The highest BCUT2D eigenvalue weighted by molar-refractivity contribution is 5.85. The summed E-state index contributed by atoms with van der Waals surface area (Å²) in [7, 11) is 0. The summed E-state index contributed by atoms with van der Waals surface area (Å²) >= 11 is 0. The molecule has 0 radical (unpaired) electrons. The van der Waals surface area contributed by atoms with Crippen molar-refractivity contribution in [2.45, 2.75) is 26.3 Å². The summed E-state index contributed by atoms with van der Waals surface area (Å²) in [5, 5.41) is 0.699. The molecule has 1 aliphatic rings. The smallest absolute Gasteiger partial charge is 0.281 e. The Hall–Kier alpha value is -2.68. The van der Waals surface area contributed by atoms with Crippen LogP contribution >= 0.6 is 0 Å². The van der Waals surface area contributed by atoms with Crippen LogP contribution in [0.25, 0.3) is 22.6 Å². The zero-order valence-corrected chi connectivity index (χ0v) is 13.1. The molecule has 0 saturated carbocycles. The van der Waals surface area contributed by atoms with E-state index in [-0.39, 0.29) is 5.56 Å². The van der Waals surface area contributed by atoms with Gasteiger partial charge in [0.25, 0.3) is 5.56 Å². The highest BCUT2D eigenvalue weighted by Crippen LogP contribution is 2.29. The average Bonchev–Trinajstić information content (AvgIpc) is 2.99. The van der Waals surface area contributed by atoms with E-state index in [2.05, 4.69) is 46.8 Å². The van der Waals surface area contributed by atoms with Crippen LogP contribution < -0.4 is 5.56 Å². The highest BCUT2D eigenvalue weighted by atomic mass is 16.1. The molecule has 3 nitrogen and oxygen atoms in total. The normalized spacial score (nSPS) is 15.3. The van der Waals surface area contributed by atoms with Gasteiger partial charge in [0.1, 0.15) is 5.82 Å². The minimum Gasteiger partial charge on any atom is -0.325 e. The van der Waals surface area contributed by atoms with Gasteiger partial charge in [0.05, 0.1) is 10.9 Å². The SMILES string of the molecule is CCc1ccc(C=C2CCn3c2nc(=O)c2ccccc23)cc1. The highest BCUT2D eigenvalue weighted by Gasteiger charge is 2.20. The molecule has 3 aromatic rings. The molecular weight excluding hydrogens is 284 g/mol. The molecule has 0 aliphatic carbocycles. The molecule has 3 heteroatoms. The standard InChI is InChI=1S/C20H18N2O/c1-2-14-7-9-15(10-8-14)13-16-11-12-22-18-6-4-3-5-17(18)20(23)21-19(16)22/h3-10,13H,2,11-12H2,1H3. The van der Waals surface area contributed by atoms with Crippen molar-refractivity contribution in [2.75, 3.05) is 0 Å². The predicted molar refractivity (Wildman–Crippen MR) is 94.3 cm³/mol. The van der Waals surface area contributed by atoms with E-state index in [1.54, 1.807) is 0 Å². The average molecular weight is 302 g/mol. The molecule has 0 amide bonds. The van der Waals surface area contributed by atoms with E-state index in [4.69, 9.17) is 0 Å². The number of rotatable bonds is 2. The van der Waals surface area contributed by atoms with Crippen molar-refractivity contribution in [1.29, 1.82) is 0 Å². The minimum atomic E-state index is -0.138. The molecule has 1 aliphatic heterocycles. The third-order valence-corrected chi connectivity index (χ3v) is 4.51. The van der Waals surface area contributed by atoms with Gasteiger partial charge in [-0.2, -0.15) is 4.98 Å². The van der Waals surface area contributed by atoms with Gasteiger partial charge in [-0.3, -0.25) is 4.79 Å². The quantitative estimate of drug-likeness (QED) is 0.719. The van der Waals surface area contributed by atoms with E-state index >= 15 is 0 Å². The van der Waals surface area contributed by atoms with Gasteiger partial charge in [-0.15, -0.1) is 0 Å². The van der Waals surface area contributed by atoms with E-state index in [0.717, 1.165) is 41.9 Å². The number of hydrogen-bond acceptors (Lipinski definition) is 2. The van der Waals surface area contributed by atoms with Crippen LogP contribution in [0.15, 0.2) is 53.3 Å². The Morgan fingerprint density at radius 3 is 2.70 bits per heavy atom. The lowest BCUT2D eigenvalue weighted by atomic mass is 10.1. The number of para-hydroxylation sites is 1. The van der Waals surface area contributed by atoms with Gasteiger partial charge in [-0.1, -0.05) is 43.3 Å². The number of hydrogen-bond donors (Lipinski definition) is 0. The van der Waals surface area contributed by atoms with Crippen molar-refractivity contribution in [3.8, 4) is 0 Å². The van der Waals surface area contributed by atoms with Crippen molar-refractivity contribution >= 4 is 22.6 Å². The van der Waals surface area contributed by atoms with Crippen molar-refractivity contribution in [3.05, 3.63) is 75.8 Å². The monoisotopic (exact) mass is 302 g/mol. The largest absolute Gasteiger partial charge is 0.325 e. The lowest BCUT2D eigenvalue weighted by molar-refractivity contribution is 0.772. The van der Waals surface area contributed by atoms with Crippen molar-refractivity contribution < 1.29 is 0 Å². The Balaban J connectivity index is 1.83. The number of benzene rings is 2. The van der Waals surface area contributed by atoms with Gasteiger partial charge in [-0.05, 0) is 47.8 Å². The fourth-order valence-electron chi connectivity index (χ4n) is 3.22. The van der Waals surface area contributed by atoms with Crippen molar-refractivity contribution in [3.63, 3.8) is 0 Å². The Morgan fingerprint density at radius 1 is 1.13 bits per heavy atom. The van der Waals surface area contributed by atoms with Gasteiger partial charge in [-0.25, -0.2) is 0 Å². The Bertz CT molecular complexity index is 965. The topological polar surface area (TPSA) is 34.9 Å². The molecule has 23 heavy (non-hydrogen) atoms. The molecule has 1 aromatic heterocycles. The van der Waals surface area contributed by atoms with E-state index < -0.39 is 0 Å². The summed E-state index contributed by atoms with van der Waals surface area (Å²) in [6.45, 7) is 3.03. The zero-order valence-electron chi connectivity index (χ0n) is 13.1. The number of aromatic nitrogens is 2. The molecule has 2 aromatic carbocycles. The summed E-state index contributed by atoms with van der Waals surface area (Å²) in [5.41, 5.74) is 4.47. The second-order valence-electron chi connectivity index (χ2n) is 5.92. The van der Waals surface area contributed by atoms with E-state index in [1.807, 2.05) is 24.3 Å². The van der Waals surface area contributed by atoms with Crippen LogP contribution in [-0.4, -0.2) is 9.55 Å². The van der Waals surface area contributed by atoms with Crippen LogP contribution in [0.2, 0.25) is 0 Å². The van der Waals surface area contributed by atoms with E-state index in [1.165, 1.54) is 5.56 Å². The maximum Gasteiger partial charge on any atom is 0.281 e. The van der Waals surface area contributed by atoms with Gasteiger partial charge in [0.15, 0.2) is 0 Å². The summed E-state index contributed by atoms with van der Waals surface area (Å²) in [5.74, 6) is 0.813. The summed E-state index contributed by atoms with van der Waals surface area (Å²) in [6, 6.07) is 16.3. The Morgan fingerprint density at radius 2 is 1.91 bits per heavy atom. The van der Waals surface area contributed by atoms with Crippen LogP contribution in [0, 0.1) is 0 Å². The van der Waals surface area contributed by atoms with Crippen LogP contribution in [0.4, 0.5) is 0 Å². The maximum atomic E-state index is 12.3. The second kappa shape index (κ2) is 5.51. The molecule has 0 fully saturated rings. The Kier molecular flexibility index (Phi) is 3.34. The molecule has 4 rings (SSSR count). The molecule has 0 spiro atoms. The van der Waals surface area contributed by atoms with Gasteiger partial charge in [0, 0.05) is 6.54 Å². The van der Waals surface area contributed by atoms with Gasteiger partial charge in [0.2, 0.25) is 0 Å². The first kappa shape index (κ1) is 13.9. The maximum absolute atomic E-state index is 12.3. The summed E-state index contributed by atoms with van der Waals surface area (Å²) in [4.78, 5) is 16.6. The predicted octanol–water partition coefficient (Wildman–Crippen LogP) is 3.90. The Labute approximate surface area is 134 Å². The third-order valence-electron chi connectivity index (χ3n) is 4.51. The first-order valence-electron chi connectivity index (χ1n) is 8.06. The number of fused-ring (bicyclic) bond motifs is 3. The third kappa shape index (κ3) is 2.38.